The van der Waals surface area contributed by atoms with Crippen LogP contribution in [0.3, 0.4) is 0 Å². The van der Waals surface area contributed by atoms with Gasteiger partial charge in [0, 0.05) is 18.9 Å². The van der Waals surface area contributed by atoms with Crippen LogP contribution in [0, 0.1) is 13.8 Å². The van der Waals surface area contributed by atoms with Crippen LogP contribution in [0.25, 0.3) is 0 Å². The zero-order valence-corrected chi connectivity index (χ0v) is 14.0. The van der Waals surface area contributed by atoms with Crippen LogP contribution < -0.4 is 4.74 Å². The van der Waals surface area contributed by atoms with E-state index in [4.69, 9.17) is 4.74 Å². The first-order valence-corrected chi connectivity index (χ1v) is 8.92. The first-order chi connectivity index (χ1) is 11.0. The Labute approximate surface area is 136 Å². The van der Waals surface area contributed by atoms with E-state index in [0.717, 1.165) is 11.1 Å². The molecule has 0 N–H and O–H groups in total. The Kier molecular flexibility index (Phi) is 4.32. The zero-order valence-electron chi connectivity index (χ0n) is 13.1. The van der Waals surface area contributed by atoms with Crippen LogP contribution in [0.2, 0.25) is 0 Å². The summed E-state index contributed by atoms with van der Waals surface area (Å²) in [7, 11) is -3.49. The lowest BCUT2D eigenvalue weighted by Crippen LogP contribution is -2.31. The summed E-state index contributed by atoms with van der Waals surface area (Å²) in [5.41, 5.74) is 2.04. The first-order valence-electron chi connectivity index (χ1n) is 7.48. The topological polar surface area (TPSA) is 72.4 Å². The Morgan fingerprint density at radius 2 is 1.91 bits per heavy atom. The van der Waals surface area contributed by atoms with Gasteiger partial charge in [-0.1, -0.05) is 6.07 Å². The summed E-state index contributed by atoms with van der Waals surface area (Å²) in [4.78, 5) is 8.35. The SMILES string of the molecule is Cc1ccc(S(=O)(=O)N2CC[C@@H](Oc3ncccn3)C2)cc1C. The summed E-state index contributed by atoms with van der Waals surface area (Å²) in [5.74, 6) is 0. The molecular formula is C16H19N3O3S. The minimum absolute atomic E-state index is 0.223. The van der Waals surface area contributed by atoms with E-state index in [1.165, 1.54) is 4.31 Å². The normalized spacial score (nSPS) is 19.0. The van der Waals surface area contributed by atoms with Crippen LogP contribution in [-0.4, -0.2) is 41.9 Å². The molecule has 6 nitrogen and oxygen atoms in total. The van der Waals surface area contributed by atoms with E-state index in [1.54, 1.807) is 30.6 Å². The summed E-state index contributed by atoms with van der Waals surface area (Å²) >= 11 is 0. The maximum absolute atomic E-state index is 12.7. The second-order valence-corrected chi connectivity index (χ2v) is 7.61. The van der Waals surface area contributed by atoms with Crippen molar-refractivity contribution in [2.24, 2.45) is 0 Å². The summed E-state index contributed by atoms with van der Waals surface area (Å²) in [6.45, 7) is 4.63. The highest BCUT2D eigenvalue weighted by Gasteiger charge is 2.34. The number of aromatic nitrogens is 2. The number of rotatable bonds is 4. The van der Waals surface area contributed by atoms with Crippen LogP contribution in [0.1, 0.15) is 17.5 Å². The van der Waals surface area contributed by atoms with Crippen molar-refractivity contribution < 1.29 is 13.2 Å². The maximum atomic E-state index is 12.7. The van der Waals surface area contributed by atoms with Crippen LogP contribution in [0.15, 0.2) is 41.6 Å². The highest BCUT2D eigenvalue weighted by atomic mass is 32.2. The van der Waals surface area contributed by atoms with Crippen molar-refractivity contribution in [1.82, 2.24) is 14.3 Å². The fraction of sp³-hybridized carbons (Fsp3) is 0.375. The molecule has 0 aliphatic carbocycles. The molecule has 0 amide bonds. The second-order valence-electron chi connectivity index (χ2n) is 5.67. The minimum atomic E-state index is -3.49. The molecular weight excluding hydrogens is 314 g/mol. The van der Waals surface area contributed by atoms with Crippen molar-refractivity contribution in [1.29, 1.82) is 0 Å². The largest absolute Gasteiger partial charge is 0.459 e. The summed E-state index contributed by atoms with van der Waals surface area (Å²) in [6, 6.07) is 7.20. The molecule has 0 radical (unpaired) electrons. The average Bonchev–Trinajstić information content (AvgIpc) is 3.00. The third-order valence-electron chi connectivity index (χ3n) is 4.04. The fourth-order valence-corrected chi connectivity index (χ4v) is 4.10. The van der Waals surface area contributed by atoms with Crippen molar-refractivity contribution in [3.63, 3.8) is 0 Å². The Balaban J connectivity index is 1.73. The van der Waals surface area contributed by atoms with Gasteiger partial charge in [0.2, 0.25) is 10.0 Å². The average molecular weight is 333 g/mol. The lowest BCUT2D eigenvalue weighted by molar-refractivity contribution is 0.197. The Bertz CT molecular complexity index is 793. The number of benzene rings is 1. The molecule has 1 fully saturated rings. The van der Waals surface area contributed by atoms with Gasteiger partial charge < -0.3 is 4.74 Å². The van der Waals surface area contributed by atoms with E-state index in [2.05, 4.69) is 9.97 Å². The quantitative estimate of drug-likeness (QED) is 0.855. The van der Waals surface area contributed by atoms with Gasteiger partial charge in [0.05, 0.1) is 11.4 Å². The number of aryl methyl sites for hydroxylation is 2. The predicted molar refractivity (Wildman–Crippen MR) is 85.7 cm³/mol. The molecule has 0 bridgehead atoms. The number of hydrogen-bond donors (Lipinski definition) is 0. The first kappa shape index (κ1) is 15.9. The molecule has 0 saturated carbocycles. The van der Waals surface area contributed by atoms with Crippen LogP contribution in [0.5, 0.6) is 6.01 Å². The van der Waals surface area contributed by atoms with E-state index in [9.17, 15) is 8.42 Å². The predicted octanol–water partition coefficient (Wildman–Crippen LogP) is 1.94. The van der Waals surface area contributed by atoms with E-state index in [-0.39, 0.29) is 12.1 Å². The number of ether oxygens (including phenoxy) is 1. The standard InChI is InChI=1S/C16H19N3O3S/c1-12-4-5-15(10-13(12)2)23(20,21)19-9-6-14(11-19)22-16-17-7-3-8-18-16/h3-5,7-8,10,14H,6,9,11H2,1-2H3/t14-/m1/s1. The number of sulfonamides is 1. The Hall–Kier alpha value is -1.99. The highest BCUT2D eigenvalue weighted by molar-refractivity contribution is 7.89. The monoisotopic (exact) mass is 333 g/mol. The molecule has 0 unspecified atom stereocenters. The molecule has 1 aliphatic rings. The molecule has 23 heavy (non-hydrogen) atoms. The second kappa shape index (κ2) is 6.25. The van der Waals surface area contributed by atoms with Gasteiger partial charge in [-0.3, -0.25) is 0 Å². The van der Waals surface area contributed by atoms with E-state index >= 15 is 0 Å². The highest BCUT2D eigenvalue weighted by Crippen LogP contribution is 2.24. The fourth-order valence-electron chi connectivity index (χ4n) is 2.53. The van der Waals surface area contributed by atoms with Gasteiger partial charge in [0.15, 0.2) is 0 Å². The van der Waals surface area contributed by atoms with Crippen molar-refractivity contribution in [3.8, 4) is 6.01 Å². The van der Waals surface area contributed by atoms with Gasteiger partial charge in [0.1, 0.15) is 6.10 Å². The van der Waals surface area contributed by atoms with Crippen LogP contribution in [-0.2, 0) is 10.0 Å². The van der Waals surface area contributed by atoms with Gasteiger partial charge in [0.25, 0.3) is 0 Å². The van der Waals surface area contributed by atoms with E-state index in [0.29, 0.717) is 24.4 Å². The zero-order chi connectivity index (χ0) is 16.4. The van der Waals surface area contributed by atoms with Gasteiger partial charge in [-0.05, 0) is 49.6 Å². The molecule has 7 heteroatoms. The minimum Gasteiger partial charge on any atom is -0.459 e. The van der Waals surface area contributed by atoms with Crippen LogP contribution in [0.4, 0.5) is 0 Å². The smallest absolute Gasteiger partial charge is 0.316 e. The molecule has 2 heterocycles. The molecule has 3 rings (SSSR count). The molecule has 1 atom stereocenters. The number of hydrogen-bond acceptors (Lipinski definition) is 5. The third-order valence-corrected chi connectivity index (χ3v) is 5.90. The molecule has 122 valence electrons. The third kappa shape index (κ3) is 3.35. The van der Waals surface area contributed by atoms with Gasteiger partial charge in [-0.2, -0.15) is 4.31 Å². The van der Waals surface area contributed by atoms with Gasteiger partial charge in [-0.25, -0.2) is 18.4 Å². The Morgan fingerprint density at radius 1 is 1.17 bits per heavy atom. The summed E-state index contributed by atoms with van der Waals surface area (Å²) in [6.07, 6.45) is 3.60. The van der Waals surface area contributed by atoms with Crippen molar-refractivity contribution >= 4 is 10.0 Å². The van der Waals surface area contributed by atoms with E-state index in [1.807, 2.05) is 19.9 Å². The summed E-state index contributed by atoms with van der Waals surface area (Å²) < 4.78 is 32.6. The van der Waals surface area contributed by atoms with Crippen molar-refractivity contribution in [2.45, 2.75) is 31.3 Å². The lowest BCUT2D eigenvalue weighted by Gasteiger charge is -2.17. The van der Waals surface area contributed by atoms with Crippen molar-refractivity contribution in [3.05, 3.63) is 47.8 Å². The molecule has 2 aromatic rings. The van der Waals surface area contributed by atoms with Gasteiger partial charge in [-0.15, -0.1) is 0 Å². The Morgan fingerprint density at radius 3 is 2.61 bits per heavy atom. The molecule has 1 aromatic carbocycles. The summed E-state index contributed by atoms with van der Waals surface area (Å²) in [5, 5.41) is 0. The number of nitrogens with zero attached hydrogens (tertiary/aromatic N) is 3. The molecule has 1 aliphatic heterocycles. The maximum Gasteiger partial charge on any atom is 0.316 e. The van der Waals surface area contributed by atoms with Gasteiger partial charge >= 0.3 is 6.01 Å². The van der Waals surface area contributed by atoms with Crippen molar-refractivity contribution in [2.75, 3.05) is 13.1 Å². The molecule has 1 saturated heterocycles. The lowest BCUT2D eigenvalue weighted by atomic mass is 10.1. The van der Waals surface area contributed by atoms with Crippen LogP contribution >= 0.6 is 0 Å². The molecule has 0 spiro atoms. The van der Waals surface area contributed by atoms with E-state index < -0.39 is 10.0 Å². The molecule has 1 aromatic heterocycles.